The number of azide groups is 1. The third-order valence-corrected chi connectivity index (χ3v) is 5.01. The van der Waals surface area contributed by atoms with Crippen molar-refractivity contribution >= 4 is 0 Å². The molecule has 1 fully saturated rings. The third-order valence-electron chi connectivity index (χ3n) is 5.01. The fourth-order valence-corrected chi connectivity index (χ4v) is 3.50. The van der Waals surface area contributed by atoms with Gasteiger partial charge in [-0.3, -0.25) is 0 Å². The number of hydrogen-bond donors (Lipinski definition) is 0. The number of aryl methyl sites for hydroxylation is 2. The molecule has 0 spiro atoms. The zero-order valence-corrected chi connectivity index (χ0v) is 16.6. The lowest BCUT2D eigenvalue weighted by molar-refractivity contribution is -0.0511. The maximum atomic E-state index is 8.29. The Hall–Kier alpha value is -2.34. The Balaban J connectivity index is 1.49. The van der Waals surface area contributed by atoms with Gasteiger partial charge in [-0.25, -0.2) is 4.98 Å². The van der Waals surface area contributed by atoms with Crippen LogP contribution in [0.25, 0.3) is 21.9 Å². The molecule has 1 saturated carbocycles. The Morgan fingerprint density at radius 3 is 2.86 bits per heavy atom. The van der Waals surface area contributed by atoms with Gasteiger partial charge in [0.15, 0.2) is 0 Å². The van der Waals surface area contributed by atoms with Crippen LogP contribution in [0.2, 0.25) is 0 Å². The topological polar surface area (TPSA) is 93.2 Å². The van der Waals surface area contributed by atoms with Gasteiger partial charge in [-0.15, -0.1) is 0 Å². The Morgan fingerprint density at radius 2 is 2.07 bits per heavy atom. The summed E-state index contributed by atoms with van der Waals surface area (Å²) in [5.41, 5.74) is 11.3. The highest BCUT2D eigenvalue weighted by Crippen LogP contribution is 2.27. The van der Waals surface area contributed by atoms with Gasteiger partial charge in [-0.1, -0.05) is 22.8 Å². The predicted octanol–water partition coefficient (Wildman–Crippen LogP) is 5.50. The van der Waals surface area contributed by atoms with Gasteiger partial charge in [0.05, 0.1) is 18.8 Å². The van der Waals surface area contributed by atoms with E-state index in [2.05, 4.69) is 34.1 Å². The minimum absolute atomic E-state index is 0.175. The van der Waals surface area contributed by atoms with Crippen LogP contribution in [-0.4, -0.2) is 30.3 Å². The molecule has 1 aromatic heterocycles. The van der Waals surface area contributed by atoms with Gasteiger partial charge in [0, 0.05) is 23.6 Å². The molecule has 2 aromatic rings. The maximum absolute atomic E-state index is 8.29. The molecule has 0 bridgehead atoms. The molecule has 7 heteroatoms. The zero-order valence-electron chi connectivity index (χ0n) is 16.6. The molecule has 7 nitrogen and oxygen atoms in total. The number of hydrogen-bond acceptors (Lipinski definition) is 5. The van der Waals surface area contributed by atoms with Gasteiger partial charge in [0.2, 0.25) is 5.89 Å². The largest absolute Gasteiger partial charge is 0.441 e. The highest BCUT2D eigenvalue weighted by molar-refractivity contribution is 5.54. The van der Waals surface area contributed by atoms with Gasteiger partial charge < -0.3 is 13.9 Å². The average molecular weight is 384 g/mol. The van der Waals surface area contributed by atoms with Crippen LogP contribution in [0, 0.1) is 13.8 Å². The molecule has 0 radical (unpaired) electrons. The molecule has 28 heavy (non-hydrogen) atoms. The summed E-state index contributed by atoms with van der Waals surface area (Å²) in [5.74, 6) is 1.45. The van der Waals surface area contributed by atoms with E-state index >= 15 is 0 Å². The fourth-order valence-electron chi connectivity index (χ4n) is 3.50. The van der Waals surface area contributed by atoms with Gasteiger partial charge in [-0.05, 0) is 63.6 Å². The van der Waals surface area contributed by atoms with Crippen LogP contribution in [0.3, 0.4) is 0 Å². The normalized spacial score (nSPS) is 19.4. The van der Waals surface area contributed by atoms with Gasteiger partial charge in [0.1, 0.15) is 11.5 Å². The first-order valence-electron chi connectivity index (χ1n) is 9.93. The number of benzene rings is 1. The van der Waals surface area contributed by atoms with E-state index < -0.39 is 0 Å². The van der Waals surface area contributed by atoms with Crippen molar-refractivity contribution in [2.75, 3.05) is 13.2 Å². The van der Waals surface area contributed by atoms with Crippen LogP contribution in [-0.2, 0) is 16.1 Å². The SMILES string of the molecule is Cc1cccc(-c2nc(CO[C@@H]3CCC[C@H](OCCCN=[N+]=[N-])C3)c(C)o2)c1. The Labute approximate surface area is 165 Å². The number of nitrogens with zero attached hydrogens (tertiary/aromatic N) is 4. The van der Waals surface area contributed by atoms with E-state index in [-0.39, 0.29) is 12.2 Å². The maximum Gasteiger partial charge on any atom is 0.226 e. The van der Waals surface area contributed by atoms with Crippen LogP contribution in [0.15, 0.2) is 33.8 Å². The van der Waals surface area contributed by atoms with E-state index in [0.717, 1.165) is 49.1 Å². The van der Waals surface area contributed by atoms with Crippen LogP contribution < -0.4 is 0 Å². The summed E-state index contributed by atoms with van der Waals surface area (Å²) < 4.78 is 17.9. The minimum atomic E-state index is 0.175. The molecule has 0 amide bonds. The lowest BCUT2D eigenvalue weighted by atomic mass is 9.95. The van der Waals surface area contributed by atoms with E-state index in [1.807, 2.05) is 19.1 Å². The lowest BCUT2D eigenvalue weighted by Gasteiger charge is -2.29. The summed E-state index contributed by atoms with van der Waals surface area (Å²) >= 11 is 0. The quantitative estimate of drug-likeness (QED) is 0.247. The van der Waals surface area contributed by atoms with Crippen LogP contribution >= 0.6 is 0 Å². The van der Waals surface area contributed by atoms with E-state index in [0.29, 0.717) is 25.6 Å². The first-order valence-corrected chi connectivity index (χ1v) is 9.93. The van der Waals surface area contributed by atoms with E-state index in [1.54, 1.807) is 0 Å². The molecule has 2 atom stereocenters. The molecule has 1 aromatic carbocycles. The van der Waals surface area contributed by atoms with Crippen molar-refractivity contribution in [1.29, 1.82) is 0 Å². The Kier molecular flexibility index (Phi) is 7.48. The van der Waals surface area contributed by atoms with Gasteiger partial charge >= 0.3 is 0 Å². The van der Waals surface area contributed by atoms with E-state index in [1.165, 1.54) is 5.56 Å². The summed E-state index contributed by atoms with van der Waals surface area (Å²) in [6.45, 7) is 5.55. The fraction of sp³-hybridized carbons (Fsp3) is 0.571. The predicted molar refractivity (Wildman–Crippen MR) is 107 cm³/mol. The molecular formula is C21H28N4O3. The second kappa shape index (κ2) is 10.3. The van der Waals surface area contributed by atoms with Gasteiger partial charge in [0.25, 0.3) is 0 Å². The van der Waals surface area contributed by atoms with E-state index in [4.69, 9.17) is 19.4 Å². The van der Waals surface area contributed by atoms with Crippen LogP contribution in [0.5, 0.6) is 0 Å². The smallest absolute Gasteiger partial charge is 0.226 e. The molecule has 0 saturated heterocycles. The number of rotatable bonds is 9. The average Bonchev–Trinajstić information content (AvgIpc) is 3.07. The van der Waals surface area contributed by atoms with Crippen molar-refractivity contribution in [3.05, 3.63) is 51.7 Å². The first-order chi connectivity index (χ1) is 13.7. The summed E-state index contributed by atoms with van der Waals surface area (Å²) in [4.78, 5) is 7.39. The summed E-state index contributed by atoms with van der Waals surface area (Å²) in [6, 6.07) is 8.14. The van der Waals surface area contributed by atoms with Crippen molar-refractivity contribution in [1.82, 2.24) is 4.98 Å². The highest BCUT2D eigenvalue weighted by Gasteiger charge is 2.24. The number of aromatic nitrogens is 1. The number of ether oxygens (including phenoxy) is 2. The third kappa shape index (κ3) is 5.83. The molecule has 1 aliphatic rings. The first kappa shape index (κ1) is 20.4. The van der Waals surface area contributed by atoms with Crippen molar-refractivity contribution in [2.45, 2.75) is 64.8 Å². The van der Waals surface area contributed by atoms with Crippen molar-refractivity contribution < 1.29 is 13.9 Å². The molecule has 1 aliphatic carbocycles. The monoisotopic (exact) mass is 384 g/mol. The molecule has 0 unspecified atom stereocenters. The molecule has 1 heterocycles. The van der Waals surface area contributed by atoms with Crippen molar-refractivity contribution in [3.63, 3.8) is 0 Å². The second-order valence-electron chi connectivity index (χ2n) is 7.29. The molecule has 3 rings (SSSR count). The number of oxazole rings is 1. The van der Waals surface area contributed by atoms with Crippen LogP contribution in [0.1, 0.15) is 49.1 Å². The molecule has 150 valence electrons. The summed E-state index contributed by atoms with van der Waals surface area (Å²) in [7, 11) is 0. The zero-order chi connectivity index (χ0) is 19.8. The second-order valence-corrected chi connectivity index (χ2v) is 7.29. The minimum Gasteiger partial charge on any atom is -0.441 e. The highest BCUT2D eigenvalue weighted by atomic mass is 16.5. The summed E-state index contributed by atoms with van der Waals surface area (Å²) in [6.07, 6.45) is 5.23. The standard InChI is InChI=1S/C21H28N4O3/c1-15-6-3-7-17(12-15)21-24-20(16(2)28-21)14-27-19-9-4-8-18(13-19)26-11-5-10-23-25-22/h3,6-7,12,18-19H,4-5,8-11,13-14H2,1-2H3/t18-,19+/m0/s1. The molecule has 0 N–H and O–H groups in total. The summed E-state index contributed by atoms with van der Waals surface area (Å²) in [5, 5.41) is 3.53. The molecular weight excluding hydrogens is 356 g/mol. The lowest BCUT2D eigenvalue weighted by Crippen LogP contribution is -2.28. The van der Waals surface area contributed by atoms with Crippen LogP contribution in [0.4, 0.5) is 0 Å². The Bertz CT molecular complexity index is 814. The van der Waals surface area contributed by atoms with E-state index in [9.17, 15) is 0 Å². The molecule has 0 aliphatic heterocycles. The Morgan fingerprint density at radius 1 is 1.25 bits per heavy atom. The van der Waals surface area contributed by atoms with Gasteiger partial charge in [-0.2, -0.15) is 0 Å². The van der Waals surface area contributed by atoms with Crippen molar-refractivity contribution in [2.24, 2.45) is 5.11 Å². The van der Waals surface area contributed by atoms with Crippen molar-refractivity contribution in [3.8, 4) is 11.5 Å².